The van der Waals surface area contributed by atoms with Crippen LogP contribution in [0.1, 0.15) is 40.4 Å². The van der Waals surface area contributed by atoms with Crippen molar-refractivity contribution in [3.8, 4) is 0 Å². The van der Waals surface area contributed by atoms with E-state index in [4.69, 9.17) is 4.74 Å². The van der Waals surface area contributed by atoms with E-state index in [2.05, 4.69) is 5.32 Å². The largest absolute Gasteiger partial charge is 0.452 e. The summed E-state index contributed by atoms with van der Waals surface area (Å²) in [5.74, 6) is -0.783. The topological polar surface area (TPSA) is 55.4 Å². The van der Waals surface area contributed by atoms with Crippen LogP contribution in [0.2, 0.25) is 0 Å². The molecule has 0 saturated carbocycles. The summed E-state index contributed by atoms with van der Waals surface area (Å²) < 4.78 is 5.14. The minimum atomic E-state index is -0.455. The summed E-state index contributed by atoms with van der Waals surface area (Å²) in [6.45, 7) is 1.74. The van der Waals surface area contributed by atoms with Crippen molar-refractivity contribution < 1.29 is 14.3 Å². The second-order valence-corrected chi connectivity index (χ2v) is 5.97. The van der Waals surface area contributed by atoms with Crippen LogP contribution < -0.4 is 5.32 Å². The molecule has 0 atom stereocenters. The first-order chi connectivity index (χ1) is 11.7. The molecule has 0 aliphatic heterocycles. The van der Waals surface area contributed by atoms with Gasteiger partial charge >= 0.3 is 5.97 Å². The molecule has 1 aliphatic carbocycles. The highest BCUT2D eigenvalue weighted by Crippen LogP contribution is 2.23. The maximum absolute atomic E-state index is 12.1. The minimum Gasteiger partial charge on any atom is -0.452 e. The van der Waals surface area contributed by atoms with Crippen LogP contribution in [0.3, 0.4) is 0 Å². The fraction of sp³-hybridized carbons (Fsp3) is 0.300. The molecule has 0 saturated heterocycles. The summed E-state index contributed by atoms with van der Waals surface area (Å²) >= 11 is 0. The summed E-state index contributed by atoms with van der Waals surface area (Å²) in [4.78, 5) is 24.1. The lowest BCUT2D eigenvalue weighted by atomic mass is 10.1. The third-order valence-electron chi connectivity index (χ3n) is 4.34. The van der Waals surface area contributed by atoms with Crippen molar-refractivity contribution in [2.75, 3.05) is 11.9 Å². The number of nitrogens with one attached hydrogen (secondary N) is 1. The van der Waals surface area contributed by atoms with Crippen LogP contribution in [0, 0.1) is 0 Å². The maximum Gasteiger partial charge on any atom is 0.338 e. The average molecular weight is 323 g/mol. The van der Waals surface area contributed by atoms with Gasteiger partial charge in [-0.2, -0.15) is 0 Å². The number of para-hydroxylation sites is 1. The Morgan fingerprint density at radius 1 is 1.08 bits per heavy atom. The van der Waals surface area contributed by atoms with Crippen LogP contribution >= 0.6 is 0 Å². The van der Waals surface area contributed by atoms with E-state index in [0.29, 0.717) is 5.56 Å². The van der Waals surface area contributed by atoms with Crippen molar-refractivity contribution >= 4 is 17.6 Å². The standard InChI is InChI=1S/C20H21NO3/c1-2-14-6-3-4-9-18(14)21-19(22)13-24-20(23)17-11-10-15-7-5-8-16(15)12-17/h3-4,6,9-12H,2,5,7-8,13H2,1H3,(H,21,22). The Bertz CT molecular complexity index is 767. The molecule has 0 spiro atoms. The number of anilines is 1. The second-order valence-electron chi connectivity index (χ2n) is 5.97. The van der Waals surface area contributed by atoms with Crippen LogP contribution in [-0.4, -0.2) is 18.5 Å². The number of rotatable bonds is 5. The summed E-state index contributed by atoms with van der Waals surface area (Å²) in [7, 11) is 0. The Morgan fingerprint density at radius 2 is 1.88 bits per heavy atom. The molecule has 0 bridgehead atoms. The van der Waals surface area contributed by atoms with Crippen LogP contribution in [-0.2, 0) is 28.8 Å². The highest BCUT2D eigenvalue weighted by Gasteiger charge is 2.16. The number of benzene rings is 2. The molecule has 4 heteroatoms. The predicted octanol–water partition coefficient (Wildman–Crippen LogP) is 3.53. The van der Waals surface area contributed by atoms with Gasteiger partial charge < -0.3 is 10.1 Å². The SMILES string of the molecule is CCc1ccccc1NC(=O)COC(=O)c1ccc2c(c1)CCC2. The molecule has 0 fully saturated rings. The van der Waals surface area contributed by atoms with Crippen molar-refractivity contribution in [1.82, 2.24) is 0 Å². The van der Waals surface area contributed by atoms with E-state index in [0.717, 1.165) is 36.9 Å². The molecule has 0 heterocycles. The number of aryl methyl sites for hydroxylation is 3. The number of carbonyl (C=O) groups is 2. The van der Waals surface area contributed by atoms with Gasteiger partial charge in [-0.05, 0) is 60.6 Å². The first kappa shape index (κ1) is 16.2. The molecule has 4 nitrogen and oxygen atoms in total. The third kappa shape index (κ3) is 3.65. The molecule has 3 rings (SSSR count). The van der Waals surface area contributed by atoms with Crippen molar-refractivity contribution in [3.63, 3.8) is 0 Å². The number of carbonyl (C=O) groups excluding carboxylic acids is 2. The number of hydrogen-bond acceptors (Lipinski definition) is 3. The molecule has 1 amide bonds. The van der Waals surface area contributed by atoms with Gasteiger partial charge in [0.15, 0.2) is 6.61 Å². The molecule has 1 N–H and O–H groups in total. The number of amides is 1. The highest BCUT2D eigenvalue weighted by molar-refractivity contribution is 5.96. The van der Waals surface area contributed by atoms with E-state index < -0.39 is 5.97 Å². The van der Waals surface area contributed by atoms with Crippen LogP contribution in [0.25, 0.3) is 0 Å². The maximum atomic E-state index is 12.1. The zero-order valence-electron chi connectivity index (χ0n) is 13.8. The molecular formula is C20H21NO3. The monoisotopic (exact) mass is 323 g/mol. The zero-order valence-corrected chi connectivity index (χ0v) is 13.8. The number of esters is 1. The fourth-order valence-corrected chi connectivity index (χ4v) is 3.05. The Morgan fingerprint density at radius 3 is 2.71 bits per heavy atom. The van der Waals surface area contributed by atoms with Crippen molar-refractivity contribution in [2.24, 2.45) is 0 Å². The highest BCUT2D eigenvalue weighted by atomic mass is 16.5. The first-order valence-electron chi connectivity index (χ1n) is 8.34. The Labute approximate surface area is 141 Å². The molecule has 1 aliphatic rings. The zero-order chi connectivity index (χ0) is 16.9. The van der Waals surface area contributed by atoms with Gasteiger partial charge in [0.05, 0.1) is 5.56 Å². The van der Waals surface area contributed by atoms with Gasteiger partial charge in [0.25, 0.3) is 5.91 Å². The van der Waals surface area contributed by atoms with Crippen LogP contribution in [0.5, 0.6) is 0 Å². The van der Waals surface area contributed by atoms with Crippen LogP contribution in [0.15, 0.2) is 42.5 Å². The van der Waals surface area contributed by atoms with E-state index in [1.165, 1.54) is 11.1 Å². The van der Waals surface area contributed by atoms with Gasteiger partial charge in [-0.1, -0.05) is 31.2 Å². The molecule has 2 aromatic carbocycles. The van der Waals surface area contributed by atoms with Crippen molar-refractivity contribution in [1.29, 1.82) is 0 Å². The molecule has 24 heavy (non-hydrogen) atoms. The molecule has 124 valence electrons. The molecule has 0 aromatic heterocycles. The van der Waals surface area contributed by atoms with Gasteiger partial charge in [0.2, 0.25) is 0 Å². The van der Waals surface area contributed by atoms with Gasteiger partial charge in [-0.15, -0.1) is 0 Å². The normalized spacial score (nSPS) is 12.5. The lowest BCUT2D eigenvalue weighted by Crippen LogP contribution is -2.21. The smallest absolute Gasteiger partial charge is 0.338 e. The lowest BCUT2D eigenvalue weighted by Gasteiger charge is -2.10. The minimum absolute atomic E-state index is 0.284. The summed E-state index contributed by atoms with van der Waals surface area (Å²) in [6, 6.07) is 13.3. The van der Waals surface area contributed by atoms with E-state index in [-0.39, 0.29) is 12.5 Å². The summed E-state index contributed by atoms with van der Waals surface area (Å²) in [5, 5.41) is 2.79. The van der Waals surface area contributed by atoms with E-state index >= 15 is 0 Å². The van der Waals surface area contributed by atoms with Crippen molar-refractivity contribution in [2.45, 2.75) is 32.6 Å². The number of fused-ring (bicyclic) bond motifs is 1. The van der Waals surface area contributed by atoms with Gasteiger partial charge in [-0.3, -0.25) is 4.79 Å². The second kappa shape index (κ2) is 7.30. The van der Waals surface area contributed by atoms with E-state index in [1.807, 2.05) is 43.3 Å². The first-order valence-corrected chi connectivity index (χ1v) is 8.34. The van der Waals surface area contributed by atoms with Gasteiger partial charge in [0, 0.05) is 5.69 Å². The van der Waals surface area contributed by atoms with Crippen LogP contribution in [0.4, 0.5) is 5.69 Å². The quantitative estimate of drug-likeness (QED) is 0.856. The Balaban J connectivity index is 1.57. The molecular weight excluding hydrogens is 302 g/mol. The number of ether oxygens (including phenoxy) is 1. The lowest BCUT2D eigenvalue weighted by molar-refractivity contribution is -0.119. The average Bonchev–Trinajstić information content (AvgIpc) is 3.07. The molecule has 0 radical (unpaired) electrons. The van der Waals surface area contributed by atoms with Gasteiger partial charge in [0.1, 0.15) is 0 Å². The Hall–Kier alpha value is -2.62. The summed E-state index contributed by atoms with van der Waals surface area (Å²) in [5.41, 5.74) is 4.85. The molecule has 0 unspecified atom stereocenters. The number of hydrogen-bond donors (Lipinski definition) is 1. The van der Waals surface area contributed by atoms with Gasteiger partial charge in [-0.25, -0.2) is 4.79 Å². The van der Waals surface area contributed by atoms with E-state index in [9.17, 15) is 9.59 Å². The van der Waals surface area contributed by atoms with E-state index in [1.54, 1.807) is 6.07 Å². The fourth-order valence-electron chi connectivity index (χ4n) is 3.05. The van der Waals surface area contributed by atoms with Crippen molar-refractivity contribution in [3.05, 3.63) is 64.7 Å². The summed E-state index contributed by atoms with van der Waals surface area (Å²) in [6.07, 6.45) is 4.03. The Kier molecular flexibility index (Phi) is 4.94. The third-order valence-corrected chi connectivity index (χ3v) is 4.34. The molecule has 2 aromatic rings. The predicted molar refractivity (Wildman–Crippen MR) is 93.2 cm³/mol.